The van der Waals surface area contributed by atoms with E-state index in [1.807, 2.05) is 18.2 Å². The Morgan fingerprint density at radius 3 is 2.33 bits per heavy atom. The third-order valence-electron chi connectivity index (χ3n) is 3.29. The van der Waals surface area contributed by atoms with Crippen molar-refractivity contribution in [3.05, 3.63) is 56.3 Å². The van der Waals surface area contributed by atoms with Crippen LogP contribution in [0, 0.1) is 5.41 Å². The smallest absolute Gasteiger partial charge is 0.297 e. The summed E-state index contributed by atoms with van der Waals surface area (Å²) in [5, 5.41) is 0.0863. The molecule has 1 N–H and O–H groups in total. The molecule has 0 aliphatic heterocycles. The molecular formula is C16H19ClN2O2. The van der Waals surface area contributed by atoms with E-state index in [2.05, 4.69) is 25.8 Å². The molecule has 4 nitrogen and oxygen atoms in total. The van der Waals surface area contributed by atoms with Crippen molar-refractivity contribution in [2.75, 3.05) is 0 Å². The van der Waals surface area contributed by atoms with Gasteiger partial charge in [0.2, 0.25) is 0 Å². The second-order valence-electron chi connectivity index (χ2n) is 6.25. The first-order chi connectivity index (χ1) is 9.79. The van der Waals surface area contributed by atoms with Crippen molar-refractivity contribution in [1.29, 1.82) is 0 Å². The number of aromatic nitrogens is 2. The van der Waals surface area contributed by atoms with Gasteiger partial charge in [0, 0.05) is 6.54 Å². The minimum Gasteiger partial charge on any atom is -0.297 e. The van der Waals surface area contributed by atoms with Crippen molar-refractivity contribution in [3.8, 4) is 11.1 Å². The molecule has 0 saturated heterocycles. The topological polar surface area (TPSA) is 54.9 Å². The normalized spacial score (nSPS) is 11.6. The molecule has 2 rings (SSSR count). The fourth-order valence-electron chi connectivity index (χ4n) is 2.05. The van der Waals surface area contributed by atoms with Crippen LogP contribution < -0.4 is 11.2 Å². The van der Waals surface area contributed by atoms with Gasteiger partial charge in [-0.2, -0.15) is 0 Å². The minimum atomic E-state index is -0.464. The van der Waals surface area contributed by atoms with E-state index < -0.39 is 5.69 Å². The average molecular weight is 307 g/mol. The second kappa shape index (κ2) is 5.90. The molecule has 1 heterocycles. The molecule has 0 fully saturated rings. The first-order valence-electron chi connectivity index (χ1n) is 6.87. The van der Waals surface area contributed by atoms with E-state index in [0.29, 0.717) is 17.7 Å². The van der Waals surface area contributed by atoms with Gasteiger partial charge in [-0.05, 0) is 17.4 Å². The van der Waals surface area contributed by atoms with Crippen molar-refractivity contribution < 1.29 is 0 Å². The molecule has 21 heavy (non-hydrogen) atoms. The van der Waals surface area contributed by atoms with Gasteiger partial charge in [-0.25, -0.2) is 4.79 Å². The number of aromatic amines is 1. The maximum absolute atomic E-state index is 12.6. The number of H-pyrrole nitrogens is 1. The number of halogens is 1. The lowest BCUT2D eigenvalue weighted by Crippen LogP contribution is -2.37. The lowest BCUT2D eigenvalue weighted by molar-refractivity contribution is 0.344. The Labute approximate surface area is 128 Å². The summed E-state index contributed by atoms with van der Waals surface area (Å²) in [6.45, 7) is 6.58. The van der Waals surface area contributed by atoms with Gasteiger partial charge in [-0.3, -0.25) is 14.3 Å². The minimum absolute atomic E-state index is 0.0401. The fraction of sp³-hybridized carbons (Fsp3) is 0.375. The van der Waals surface area contributed by atoms with Gasteiger partial charge in [0.15, 0.2) is 0 Å². The van der Waals surface area contributed by atoms with Crippen molar-refractivity contribution in [1.82, 2.24) is 9.55 Å². The van der Waals surface area contributed by atoms with Crippen molar-refractivity contribution in [2.24, 2.45) is 5.41 Å². The molecule has 0 amide bonds. The Kier molecular flexibility index (Phi) is 4.37. The van der Waals surface area contributed by atoms with E-state index in [1.54, 1.807) is 12.1 Å². The van der Waals surface area contributed by atoms with Gasteiger partial charge < -0.3 is 0 Å². The summed E-state index contributed by atoms with van der Waals surface area (Å²) in [5.41, 5.74) is 0.269. The monoisotopic (exact) mass is 306 g/mol. The van der Waals surface area contributed by atoms with Crippen LogP contribution >= 0.6 is 11.6 Å². The van der Waals surface area contributed by atoms with Gasteiger partial charge >= 0.3 is 5.69 Å². The highest BCUT2D eigenvalue weighted by Gasteiger charge is 2.17. The standard InChI is InChI=1S/C16H19ClN2O2/c1-16(2,3)9-10-19-14(20)12(13(17)18-15(19)21)11-7-5-4-6-8-11/h4-8H,9-10H2,1-3H3,(H,18,21). The number of hydrogen-bond acceptors (Lipinski definition) is 2. The molecule has 0 radical (unpaired) electrons. The summed E-state index contributed by atoms with van der Waals surface area (Å²) in [5.74, 6) is 0. The van der Waals surface area contributed by atoms with Crippen molar-refractivity contribution in [3.63, 3.8) is 0 Å². The highest BCUT2D eigenvalue weighted by Crippen LogP contribution is 2.22. The summed E-state index contributed by atoms with van der Waals surface area (Å²) in [6, 6.07) is 9.12. The van der Waals surface area contributed by atoms with Crippen LogP contribution in [0.3, 0.4) is 0 Å². The summed E-state index contributed by atoms with van der Waals surface area (Å²) in [4.78, 5) is 27.1. The van der Waals surface area contributed by atoms with E-state index in [4.69, 9.17) is 11.6 Å². The zero-order valence-electron chi connectivity index (χ0n) is 12.4. The Bertz CT molecular complexity index is 740. The molecule has 1 aromatic heterocycles. The molecule has 0 unspecified atom stereocenters. The summed E-state index contributed by atoms with van der Waals surface area (Å²) in [7, 11) is 0. The van der Waals surface area contributed by atoms with Crippen LogP contribution in [0.15, 0.2) is 39.9 Å². The zero-order valence-corrected chi connectivity index (χ0v) is 13.2. The van der Waals surface area contributed by atoms with Gasteiger partial charge in [0.25, 0.3) is 5.56 Å². The Morgan fingerprint density at radius 2 is 1.76 bits per heavy atom. The molecule has 2 aromatic rings. The van der Waals surface area contributed by atoms with Crippen LogP contribution in [-0.2, 0) is 6.54 Å². The molecule has 112 valence electrons. The zero-order chi connectivity index (χ0) is 15.6. The van der Waals surface area contributed by atoms with Gasteiger partial charge in [-0.1, -0.05) is 62.7 Å². The predicted molar refractivity (Wildman–Crippen MR) is 85.8 cm³/mol. The third kappa shape index (κ3) is 3.64. The highest BCUT2D eigenvalue weighted by molar-refractivity contribution is 6.32. The first kappa shape index (κ1) is 15.6. The van der Waals surface area contributed by atoms with Gasteiger partial charge in [-0.15, -0.1) is 0 Å². The number of nitrogens with zero attached hydrogens (tertiary/aromatic N) is 1. The Morgan fingerprint density at radius 1 is 1.14 bits per heavy atom. The van der Waals surface area contributed by atoms with E-state index in [1.165, 1.54) is 4.57 Å². The molecule has 0 atom stereocenters. The molecule has 1 aromatic carbocycles. The Hall–Kier alpha value is -1.81. The van der Waals surface area contributed by atoms with E-state index >= 15 is 0 Å². The van der Waals surface area contributed by atoms with Crippen LogP contribution in [0.5, 0.6) is 0 Å². The molecule has 0 bridgehead atoms. The molecule has 5 heteroatoms. The van der Waals surface area contributed by atoms with Gasteiger partial charge in [0.1, 0.15) is 5.15 Å². The van der Waals surface area contributed by atoms with E-state index in [-0.39, 0.29) is 16.1 Å². The molecule has 0 aliphatic rings. The first-order valence-corrected chi connectivity index (χ1v) is 7.25. The molecule has 0 spiro atoms. The number of rotatable bonds is 3. The molecular weight excluding hydrogens is 288 g/mol. The van der Waals surface area contributed by atoms with E-state index in [9.17, 15) is 9.59 Å². The largest absolute Gasteiger partial charge is 0.329 e. The van der Waals surface area contributed by atoms with Crippen LogP contribution in [-0.4, -0.2) is 9.55 Å². The maximum Gasteiger partial charge on any atom is 0.329 e. The Balaban J connectivity index is 2.54. The van der Waals surface area contributed by atoms with Crippen LogP contribution in [0.4, 0.5) is 0 Å². The fourth-order valence-corrected chi connectivity index (χ4v) is 2.32. The second-order valence-corrected chi connectivity index (χ2v) is 6.63. The van der Waals surface area contributed by atoms with Gasteiger partial charge in [0.05, 0.1) is 5.56 Å². The predicted octanol–water partition coefficient (Wildman–Crippen LogP) is 3.29. The van der Waals surface area contributed by atoms with E-state index in [0.717, 1.165) is 6.42 Å². The highest BCUT2D eigenvalue weighted by atomic mass is 35.5. The summed E-state index contributed by atoms with van der Waals surface area (Å²) in [6.07, 6.45) is 0.728. The lowest BCUT2D eigenvalue weighted by atomic mass is 9.92. The van der Waals surface area contributed by atoms with Crippen LogP contribution in [0.25, 0.3) is 11.1 Å². The lowest BCUT2D eigenvalue weighted by Gasteiger charge is -2.18. The maximum atomic E-state index is 12.6. The summed E-state index contributed by atoms with van der Waals surface area (Å²) < 4.78 is 1.22. The molecule has 0 saturated carbocycles. The quantitative estimate of drug-likeness (QED) is 0.885. The van der Waals surface area contributed by atoms with Crippen molar-refractivity contribution >= 4 is 11.6 Å². The number of nitrogens with one attached hydrogen (secondary N) is 1. The SMILES string of the molecule is CC(C)(C)CCn1c(=O)[nH]c(Cl)c(-c2ccccc2)c1=O. The third-order valence-corrected chi connectivity index (χ3v) is 3.57. The summed E-state index contributed by atoms with van der Waals surface area (Å²) >= 11 is 6.06. The average Bonchev–Trinajstić information content (AvgIpc) is 2.37. The number of benzene rings is 1. The number of hydrogen-bond donors (Lipinski definition) is 1. The molecule has 0 aliphatic carbocycles. The van der Waals surface area contributed by atoms with Crippen LogP contribution in [0.2, 0.25) is 5.15 Å². The van der Waals surface area contributed by atoms with Crippen LogP contribution in [0.1, 0.15) is 27.2 Å². The van der Waals surface area contributed by atoms with Crippen molar-refractivity contribution in [2.45, 2.75) is 33.7 Å².